The van der Waals surface area contributed by atoms with E-state index in [-0.39, 0.29) is 24.0 Å². The molecular weight excluding hydrogens is 485 g/mol. The van der Waals surface area contributed by atoms with Crippen LogP contribution in [0.3, 0.4) is 0 Å². The minimum Gasteiger partial charge on any atom is -0.493 e. The van der Waals surface area contributed by atoms with Crippen molar-refractivity contribution in [3.8, 4) is 5.75 Å². The normalized spacial score (nSPS) is 21.0. The topological polar surface area (TPSA) is 62.7 Å². The molecule has 1 aromatic rings. The maximum Gasteiger partial charge on any atom is 0.191 e. The van der Waals surface area contributed by atoms with Crippen LogP contribution in [0.15, 0.2) is 29.3 Å². The fourth-order valence-corrected chi connectivity index (χ4v) is 4.71. The lowest BCUT2D eigenvalue weighted by atomic mass is 9.95. The molecule has 1 aliphatic carbocycles. The van der Waals surface area contributed by atoms with Gasteiger partial charge in [-0.2, -0.15) is 0 Å². The molecule has 2 rings (SSSR count). The largest absolute Gasteiger partial charge is 0.493 e. The molecule has 5 nitrogen and oxygen atoms in total. The number of nitrogens with one attached hydrogen (secondary N) is 2. The second-order valence-electron chi connectivity index (χ2n) is 7.54. The summed E-state index contributed by atoms with van der Waals surface area (Å²) in [5, 5.41) is 7.23. The lowest BCUT2D eigenvalue weighted by Gasteiger charge is -2.30. The highest BCUT2D eigenvalue weighted by Crippen LogP contribution is 2.23. The minimum absolute atomic E-state index is 0. The van der Waals surface area contributed by atoms with Crippen LogP contribution in [0.1, 0.15) is 52.0 Å². The van der Waals surface area contributed by atoms with Gasteiger partial charge < -0.3 is 15.4 Å². The summed E-state index contributed by atoms with van der Waals surface area (Å²) in [7, 11) is 1.08. The van der Waals surface area contributed by atoms with Crippen molar-refractivity contribution in [1.29, 1.82) is 0 Å². The van der Waals surface area contributed by atoms with E-state index in [1.165, 1.54) is 0 Å². The summed E-state index contributed by atoms with van der Waals surface area (Å²) in [5.74, 6) is 2.96. The molecule has 0 spiro atoms. The Morgan fingerprint density at radius 2 is 2.07 bits per heavy atom. The number of nitrogens with zero attached hydrogens (tertiary/aromatic N) is 1. The zero-order chi connectivity index (χ0) is 19.6. The average Bonchev–Trinajstić information content (AvgIpc) is 2.69. The molecule has 0 bridgehead atoms. The number of halogens is 1. The number of para-hydroxylation sites is 1. The first kappa shape index (κ1) is 25.2. The SMILES string of the molecule is CCS(=O)C1CCCC(NC(=NC)NCc2ccccc2OCC(C)C)C1.I. The van der Waals surface area contributed by atoms with E-state index in [9.17, 15) is 4.21 Å². The third-order valence-corrected chi connectivity index (χ3v) is 6.58. The van der Waals surface area contributed by atoms with Gasteiger partial charge in [-0.15, -0.1) is 24.0 Å². The Hall–Kier alpha value is -0.830. The van der Waals surface area contributed by atoms with Crippen molar-refractivity contribution in [2.45, 2.75) is 64.3 Å². The van der Waals surface area contributed by atoms with Crippen LogP contribution >= 0.6 is 24.0 Å². The molecule has 160 valence electrons. The molecule has 28 heavy (non-hydrogen) atoms. The Morgan fingerprint density at radius 3 is 2.75 bits per heavy atom. The van der Waals surface area contributed by atoms with Gasteiger partial charge in [0, 0.05) is 47.0 Å². The molecule has 0 aliphatic heterocycles. The average molecular weight is 522 g/mol. The Bertz CT molecular complexity index is 640. The van der Waals surface area contributed by atoms with Gasteiger partial charge in [-0.1, -0.05) is 45.4 Å². The van der Waals surface area contributed by atoms with Gasteiger partial charge in [-0.3, -0.25) is 9.20 Å². The van der Waals surface area contributed by atoms with Crippen LogP contribution in [0.5, 0.6) is 5.75 Å². The Morgan fingerprint density at radius 1 is 1.32 bits per heavy atom. The summed E-state index contributed by atoms with van der Waals surface area (Å²) in [6.45, 7) is 7.67. The molecule has 3 atom stereocenters. The first-order valence-electron chi connectivity index (χ1n) is 10.1. The van der Waals surface area contributed by atoms with Gasteiger partial charge in [0.25, 0.3) is 0 Å². The van der Waals surface area contributed by atoms with Gasteiger partial charge in [-0.25, -0.2) is 0 Å². The quantitative estimate of drug-likeness (QED) is 0.308. The maximum absolute atomic E-state index is 12.1. The van der Waals surface area contributed by atoms with Gasteiger partial charge in [0.15, 0.2) is 5.96 Å². The predicted molar refractivity (Wildman–Crippen MR) is 130 cm³/mol. The van der Waals surface area contributed by atoms with Crippen molar-refractivity contribution in [2.24, 2.45) is 10.9 Å². The zero-order valence-corrected chi connectivity index (χ0v) is 20.7. The molecule has 0 saturated heterocycles. The van der Waals surface area contributed by atoms with Crippen LogP contribution in [0.4, 0.5) is 0 Å². The molecule has 1 fully saturated rings. The van der Waals surface area contributed by atoms with Crippen molar-refractivity contribution in [2.75, 3.05) is 19.4 Å². The van der Waals surface area contributed by atoms with Gasteiger partial charge >= 0.3 is 0 Å². The fourth-order valence-electron chi connectivity index (χ4n) is 3.36. The van der Waals surface area contributed by atoms with E-state index in [4.69, 9.17) is 4.74 Å². The van der Waals surface area contributed by atoms with E-state index in [1.807, 2.05) is 25.1 Å². The molecule has 3 unspecified atom stereocenters. The maximum atomic E-state index is 12.1. The molecule has 1 saturated carbocycles. The smallest absolute Gasteiger partial charge is 0.191 e. The Balaban J connectivity index is 0.00000392. The van der Waals surface area contributed by atoms with Crippen molar-refractivity contribution in [3.63, 3.8) is 0 Å². The number of ether oxygens (including phenoxy) is 1. The van der Waals surface area contributed by atoms with Crippen LogP contribution < -0.4 is 15.4 Å². The van der Waals surface area contributed by atoms with Gasteiger partial charge in [0.05, 0.1) is 6.61 Å². The monoisotopic (exact) mass is 521 g/mol. The highest BCUT2D eigenvalue weighted by atomic mass is 127. The van der Waals surface area contributed by atoms with E-state index >= 15 is 0 Å². The van der Waals surface area contributed by atoms with Crippen molar-refractivity contribution < 1.29 is 8.95 Å². The molecule has 1 aliphatic rings. The van der Waals surface area contributed by atoms with E-state index in [1.54, 1.807) is 7.05 Å². The van der Waals surface area contributed by atoms with E-state index < -0.39 is 10.8 Å². The zero-order valence-electron chi connectivity index (χ0n) is 17.6. The molecular formula is C21H36IN3O2S. The standard InChI is InChI=1S/C21H35N3O2S.HI/c1-5-27(25)19-11-8-10-18(13-19)24-21(22-4)23-14-17-9-6-7-12-20(17)26-15-16(2)3;/h6-7,9,12,16,18-19H,5,8,10-11,13-15H2,1-4H3,(H2,22,23,24);1H. The second-order valence-corrected chi connectivity index (χ2v) is 9.54. The molecule has 0 aromatic heterocycles. The minimum atomic E-state index is -0.711. The van der Waals surface area contributed by atoms with Gasteiger partial charge in [-0.05, 0) is 31.2 Å². The van der Waals surface area contributed by atoms with Crippen molar-refractivity contribution in [1.82, 2.24) is 10.6 Å². The van der Waals surface area contributed by atoms with Crippen molar-refractivity contribution in [3.05, 3.63) is 29.8 Å². The molecule has 2 N–H and O–H groups in total. The number of hydrogen-bond donors (Lipinski definition) is 2. The summed E-state index contributed by atoms with van der Waals surface area (Å²) in [6.07, 6.45) is 4.25. The first-order chi connectivity index (χ1) is 13.0. The Kier molecular flexibility index (Phi) is 12.1. The highest BCUT2D eigenvalue weighted by Gasteiger charge is 2.26. The molecule has 7 heteroatoms. The van der Waals surface area contributed by atoms with Crippen LogP contribution in [0, 0.1) is 5.92 Å². The third kappa shape index (κ3) is 8.27. The highest BCUT2D eigenvalue weighted by molar-refractivity contribution is 14.0. The van der Waals surface area contributed by atoms with Crippen LogP contribution in [-0.2, 0) is 17.3 Å². The van der Waals surface area contributed by atoms with E-state index in [0.29, 0.717) is 30.4 Å². The summed E-state index contributed by atoms with van der Waals surface area (Å²) < 4.78 is 18.1. The number of rotatable bonds is 8. The Labute approximate surface area is 190 Å². The van der Waals surface area contributed by atoms with Crippen LogP contribution in [0.25, 0.3) is 0 Å². The lowest BCUT2D eigenvalue weighted by molar-refractivity contribution is 0.268. The first-order valence-corrected chi connectivity index (χ1v) is 11.5. The summed E-state index contributed by atoms with van der Waals surface area (Å²) >= 11 is 0. The summed E-state index contributed by atoms with van der Waals surface area (Å²) in [4.78, 5) is 4.37. The van der Waals surface area contributed by atoms with E-state index in [0.717, 1.165) is 48.7 Å². The summed E-state index contributed by atoms with van der Waals surface area (Å²) in [6, 6.07) is 8.46. The van der Waals surface area contributed by atoms with Crippen LogP contribution in [0.2, 0.25) is 0 Å². The van der Waals surface area contributed by atoms with Crippen LogP contribution in [-0.4, -0.2) is 40.9 Å². The van der Waals surface area contributed by atoms with E-state index in [2.05, 4.69) is 35.5 Å². The number of hydrogen-bond acceptors (Lipinski definition) is 3. The summed E-state index contributed by atoms with van der Waals surface area (Å²) in [5.41, 5.74) is 1.12. The number of benzene rings is 1. The van der Waals surface area contributed by atoms with Crippen molar-refractivity contribution >= 4 is 40.7 Å². The van der Waals surface area contributed by atoms with Gasteiger partial charge in [0.1, 0.15) is 5.75 Å². The molecule has 0 radical (unpaired) electrons. The van der Waals surface area contributed by atoms with Gasteiger partial charge in [0.2, 0.25) is 0 Å². The lowest BCUT2D eigenvalue weighted by Crippen LogP contribution is -2.46. The fraction of sp³-hybridized carbons (Fsp3) is 0.667. The number of aliphatic imine (C=N–C) groups is 1. The number of guanidine groups is 1. The second kappa shape index (κ2) is 13.4. The third-order valence-electron chi connectivity index (χ3n) is 4.84. The predicted octanol–water partition coefficient (Wildman–Crippen LogP) is 4.08. The molecule has 0 heterocycles. The molecule has 1 aromatic carbocycles. The molecule has 0 amide bonds.